The molecule has 3 aromatic carbocycles. The molecule has 0 spiro atoms. The lowest BCUT2D eigenvalue weighted by Gasteiger charge is -2.13. The van der Waals surface area contributed by atoms with E-state index in [-0.39, 0.29) is 30.7 Å². The molecule has 1 aliphatic heterocycles. The Morgan fingerprint density at radius 2 is 1.50 bits per heavy atom. The minimum atomic E-state index is -0.298. The maximum Gasteiger partial charge on any atom is 0.261 e. The molecule has 1 aliphatic rings. The van der Waals surface area contributed by atoms with Gasteiger partial charge >= 0.3 is 0 Å². The van der Waals surface area contributed by atoms with Crippen LogP contribution in [-0.2, 0) is 4.79 Å². The number of hydrogen-bond acceptors (Lipinski definition) is 4. The van der Waals surface area contributed by atoms with Crippen LogP contribution in [0.5, 0.6) is 0 Å². The first kappa shape index (κ1) is 18.1. The quantitative estimate of drug-likeness (QED) is 0.498. The van der Waals surface area contributed by atoms with Crippen molar-refractivity contribution in [1.82, 2.24) is 4.90 Å². The van der Waals surface area contributed by atoms with Crippen LogP contribution >= 0.6 is 0 Å². The van der Waals surface area contributed by atoms with Crippen LogP contribution in [-0.4, -0.2) is 29.2 Å². The van der Waals surface area contributed by atoms with Crippen LogP contribution in [0.3, 0.4) is 0 Å². The zero-order valence-corrected chi connectivity index (χ0v) is 16.1. The van der Waals surface area contributed by atoms with E-state index in [1.807, 2.05) is 36.4 Å². The number of benzene rings is 3. The van der Waals surface area contributed by atoms with E-state index in [9.17, 15) is 14.4 Å². The Hall–Kier alpha value is -3.93. The zero-order valence-electron chi connectivity index (χ0n) is 16.1. The van der Waals surface area contributed by atoms with Crippen LogP contribution in [0, 0.1) is 0 Å². The van der Waals surface area contributed by atoms with E-state index in [1.54, 1.807) is 30.3 Å². The fourth-order valence-electron chi connectivity index (χ4n) is 3.87. The largest absolute Gasteiger partial charge is 0.456 e. The first-order valence-electron chi connectivity index (χ1n) is 9.78. The van der Waals surface area contributed by atoms with Gasteiger partial charge in [-0.15, -0.1) is 0 Å². The summed E-state index contributed by atoms with van der Waals surface area (Å²) in [4.78, 5) is 38.3. The molecule has 4 aromatic rings. The normalized spacial score (nSPS) is 13.3. The second-order valence-corrected chi connectivity index (χ2v) is 7.27. The number of fused-ring (bicyclic) bond motifs is 4. The molecule has 0 atom stereocenters. The topological polar surface area (TPSA) is 79.6 Å². The number of anilines is 1. The number of nitrogens with one attached hydrogen (secondary N) is 1. The van der Waals surface area contributed by atoms with Crippen molar-refractivity contribution in [3.63, 3.8) is 0 Å². The van der Waals surface area contributed by atoms with Gasteiger partial charge in [0.15, 0.2) is 0 Å². The summed E-state index contributed by atoms with van der Waals surface area (Å²) in [5.74, 6) is -0.764. The number of carbonyl (C=O) groups is 3. The van der Waals surface area contributed by atoms with Gasteiger partial charge in [0.05, 0.1) is 11.1 Å². The molecule has 0 unspecified atom stereocenters. The zero-order chi connectivity index (χ0) is 20.7. The summed E-state index contributed by atoms with van der Waals surface area (Å²) in [7, 11) is 0. The van der Waals surface area contributed by atoms with Gasteiger partial charge in [0.25, 0.3) is 11.8 Å². The molecule has 0 saturated carbocycles. The Kier molecular flexibility index (Phi) is 4.32. The Morgan fingerprint density at radius 1 is 0.833 bits per heavy atom. The lowest BCUT2D eigenvalue weighted by atomic mass is 10.1. The Morgan fingerprint density at radius 3 is 2.27 bits per heavy atom. The number of amides is 3. The number of furan rings is 1. The van der Waals surface area contributed by atoms with Gasteiger partial charge in [0.2, 0.25) is 5.91 Å². The molecule has 5 rings (SSSR count). The third kappa shape index (κ3) is 3.03. The molecule has 0 saturated heterocycles. The fraction of sp³-hybridized carbons (Fsp3) is 0.125. The SMILES string of the molecule is O=C(CCCN1C(=O)c2ccccc2C1=O)Nc1ccc2oc3ccccc3c2c1. The van der Waals surface area contributed by atoms with Crippen molar-refractivity contribution >= 4 is 45.3 Å². The number of nitrogens with zero attached hydrogens (tertiary/aromatic N) is 1. The minimum Gasteiger partial charge on any atom is -0.456 e. The van der Waals surface area contributed by atoms with Crippen molar-refractivity contribution < 1.29 is 18.8 Å². The molecule has 6 heteroatoms. The maximum atomic E-state index is 12.4. The van der Waals surface area contributed by atoms with Crippen molar-refractivity contribution in [3.05, 3.63) is 77.9 Å². The summed E-state index contributed by atoms with van der Waals surface area (Å²) < 4.78 is 5.80. The van der Waals surface area contributed by atoms with E-state index in [1.165, 1.54) is 4.90 Å². The fourth-order valence-corrected chi connectivity index (χ4v) is 3.87. The van der Waals surface area contributed by atoms with E-state index in [0.717, 1.165) is 21.9 Å². The van der Waals surface area contributed by atoms with Crippen molar-refractivity contribution in [3.8, 4) is 0 Å². The van der Waals surface area contributed by atoms with Crippen LogP contribution < -0.4 is 5.32 Å². The predicted molar refractivity (Wildman–Crippen MR) is 113 cm³/mol. The van der Waals surface area contributed by atoms with E-state index in [2.05, 4.69) is 5.32 Å². The summed E-state index contributed by atoms with van der Waals surface area (Å²) in [5, 5.41) is 4.82. The number of imide groups is 1. The summed E-state index contributed by atoms with van der Waals surface area (Å²) in [6, 6.07) is 20.1. The lowest BCUT2D eigenvalue weighted by Crippen LogP contribution is -2.31. The van der Waals surface area contributed by atoms with E-state index < -0.39 is 0 Å². The highest BCUT2D eigenvalue weighted by Gasteiger charge is 2.34. The molecule has 3 amide bonds. The molecular weight excluding hydrogens is 380 g/mol. The lowest BCUT2D eigenvalue weighted by molar-refractivity contribution is -0.116. The van der Waals surface area contributed by atoms with Crippen LogP contribution in [0.2, 0.25) is 0 Å². The summed E-state index contributed by atoms with van der Waals surface area (Å²) in [6.45, 7) is 0.213. The molecule has 30 heavy (non-hydrogen) atoms. The molecule has 1 aromatic heterocycles. The number of para-hydroxylation sites is 1. The van der Waals surface area contributed by atoms with Gasteiger partial charge in [-0.05, 0) is 42.8 Å². The monoisotopic (exact) mass is 398 g/mol. The third-order valence-corrected chi connectivity index (χ3v) is 5.32. The molecule has 148 valence electrons. The highest BCUT2D eigenvalue weighted by atomic mass is 16.3. The van der Waals surface area contributed by atoms with Gasteiger partial charge in [-0.1, -0.05) is 30.3 Å². The van der Waals surface area contributed by atoms with E-state index >= 15 is 0 Å². The van der Waals surface area contributed by atoms with Crippen LogP contribution in [0.4, 0.5) is 5.69 Å². The first-order valence-corrected chi connectivity index (χ1v) is 9.78. The van der Waals surface area contributed by atoms with E-state index in [0.29, 0.717) is 23.2 Å². The Bertz CT molecular complexity index is 1290. The molecule has 0 aliphatic carbocycles. The number of hydrogen-bond donors (Lipinski definition) is 1. The first-order chi connectivity index (χ1) is 14.6. The highest BCUT2D eigenvalue weighted by Crippen LogP contribution is 2.30. The predicted octanol–water partition coefficient (Wildman–Crippen LogP) is 4.60. The average Bonchev–Trinajstić information content (AvgIpc) is 3.24. The van der Waals surface area contributed by atoms with Gasteiger partial charge in [0, 0.05) is 29.4 Å². The van der Waals surface area contributed by atoms with Gasteiger partial charge in [0.1, 0.15) is 11.2 Å². The summed E-state index contributed by atoms with van der Waals surface area (Å²) in [6.07, 6.45) is 0.603. The molecule has 1 N–H and O–H groups in total. The average molecular weight is 398 g/mol. The van der Waals surface area contributed by atoms with Gasteiger partial charge < -0.3 is 9.73 Å². The second kappa shape index (κ2) is 7.15. The molecule has 0 bridgehead atoms. The smallest absolute Gasteiger partial charge is 0.261 e. The molecule has 0 radical (unpaired) electrons. The molecule has 0 fully saturated rings. The minimum absolute atomic E-state index is 0.168. The van der Waals surface area contributed by atoms with Crippen molar-refractivity contribution in [2.24, 2.45) is 0 Å². The molecule has 2 heterocycles. The third-order valence-electron chi connectivity index (χ3n) is 5.32. The number of carbonyl (C=O) groups excluding carboxylic acids is 3. The van der Waals surface area contributed by atoms with Crippen LogP contribution in [0.15, 0.2) is 71.1 Å². The van der Waals surface area contributed by atoms with Crippen molar-refractivity contribution in [1.29, 1.82) is 0 Å². The standard InChI is InChI=1S/C24H18N2O4/c27-22(10-5-13-26-23(28)17-7-1-2-8-18(17)24(26)29)25-15-11-12-21-19(14-15)16-6-3-4-9-20(16)30-21/h1-4,6-9,11-12,14H,5,10,13H2,(H,25,27). The number of rotatable bonds is 5. The molecule has 6 nitrogen and oxygen atoms in total. The highest BCUT2D eigenvalue weighted by molar-refractivity contribution is 6.21. The van der Waals surface area contributed by atoms with Crippen molar-refractivity contribution in [2.75, 3.05) is 11.9 Å². The van der Waals surface area contributed by atoms with Crippen LogP contribution in [0.25, 0.3) is 21.9 Å². The van der Waals surface area contributed by atoms with E-state index in [4.69, 9.17) is 4.42 Å². The van der Waals surface area contributed by atoms with Crippen LogP contribution in [0.1, 0.15) is 33.6 Å². The summed E-state index contributed by atoms with van der Waals surface area (Å²) >= 11 is 0. The summed E-state index contributed by atoms with van der Waals surface area (Å²) in [5.41, 5.74) is 3.09. The molecular formula is C24H18N2O4. The van der Waals surface area contributed by atoms with Crippen molar-refractivity contribution in [2.45, 2.75) is 12.8 Å². The second-order valence-electron chi connectivity index (χ2n) is 7.27. The Labute approximate surface area is 172 Å². The Balaban J connectivity index is 1.22. The maximum absolute atomic E-state index is 12.4. The van der Waals surface area contributed by atoms with Gasteiger partial charge in [-0.3, -0.25) is 19.3 Å². The van der Waals surface area contributed by atoms with Gasteiger partial charge in [-0.25, -0.2) is 0 Å². The van der Waals surface area contributed by atoms with Gasteiger partial charge in [-0.2, -0.15) is 0 Å².